The maximum absolute atomic E-state index is 12.9. The van der Waals surface area contributed by atoms with Crippen LogP contribution in [0.15, 0.2) is 4.36 Å². The van der Waals surface area contributed by atoms with E-state index in [1.807, 2.05) is 27.7 Å². The van der Waals surface area contributed by atoms with Gasteiger partial charge in [-0.1, -0.05) is 11.8 Å². The molecular weight excluding hydrogens is 278 g/mol. The lowest BCUT2D eigenvalue weighted by atomic mass is 9.92. The maximum atomic E-state index is 12.9. The lowest BCUT2D eigenvalue weighted by Crippen LogP contribution is -2.28. The van der Waals surface area contributed by atoms with Crippen molar-refractivity contribution in [2.75, 3.05) is 11.5 Å². The summed E-state index contributed by atoms with van der Waals surface area (Å²) in [7, 11) is -2.73. The van der Waals surface area contributed by atoms with Gasteiger partial charge in [0.1, 0.15) is 0 Å². The first-order valence-electron chi connectivity index (χ1n) is 6.45. The molecule has 0 fully saturated rings. The van der Waals surface area contributed by atoms with E-state index in [-0.39, 0.29) is 24.3 Å². The molecule has 112 valence electrons. The highest BCUT2D eigenvalue weighted by Crippen LogP contribution is 2.29. The molecule has 0 aromatic rings. The average molecular weight is 299 g/mol. The van der Waals surface area contributed by atoms with Crippen LogP contribution < -0.4 is 0 Å². The van der Waals surface area contributed by atoms with Crippen LogP contribution in [0.25, 0.3) is 0 Å². The Morgan fingerprint density at radius 2 is 1.55 bits per heavy atom. The second-order valence-electron chi connectivity index (χ2n) is 6.46. The fraction of sp³-hybridized carbons (Fsp3) is 0.714. The van der Waals surface area contributed by atoms with Gasteiger partial charge < -0.3 is 5.11 Å². The van der Waals surface area contributed by atoms with Gasteiger partial charge in [-0.05, 0) is 27.7 Å². The van der Waals surface area contributed by atoms with E-state index < -0.39 is 32.4 Å². The number of rotatable bonds is 3. The summed E-state index contributed by atoms with van der Waals surface area (Å²) in [5, 5.41) is 8.56. The average Bonchev–Trinajstić information content (AvgIpc) is 2.29. The van der Waals surface area contributed by atoms with Crippen molar-refractivity contribution in [1.82, 2.24) is 0 Å². The van der Waals surface area contributed by atoms with Gasteiger partial charge in [0.15, 0.2) is 0 Å². The molecule has 0 saturated carbocycles. The van der Waals surface area contributed by atoms with Gasteiger partial charge in [0, 0.05) is 28.8 Å². The molecule has 5 nitrogen and oxygen atoms in total. The summed E-state index contributed by atoms with van der Waals surface area (Å²) in [6.45, 7) is 7.49. The molecule has 1 N–H and O–H groups in total. The quantitative estimate of drug-likeness (QED) is 0.807. The smallest absolute Gasteiger partial charge is 0.303 e. The SMILES string of the molecule is CC1(C)C#CC(C)(C)CS(=O)(=NC(=O)CCC(=O)O)C1. The number of hydrogen-bond donors (Lipinski definition) is 1. The molecule has 1 heterocycles. The van der Waals surface area contributed by atoms with Crippen molar-refractivity contribution in [3.63, 3.8) is 0 Å². The van der Waals surface area contributed by atoms with E-state index in [0.29, 0.717) is 0 Å². The third kappa shape index (κ3) is 5.33. The van der Waals surface area contributed by atoms with Crippen LogP contribution in [0.3, 0.4) is 0 Å². The van der Waals surface area contributed by atoms with Gasteiger partial charge in [0.25, 0.3) is 5.91 Å². The molecular formula is C14H21NO4S. The Labute approximate surface area is 120 Å². The van der Waals surface area contributed by atoms with Crippen molar-refractivity contribution in [3.05, 3.63) is 0 Å². The van der Waals surface area contributed by atoms with Gasteiger partial charge in [-0.2, -0.15) is 4.36 Å². The van der Waals surface area contributed by atoms with Crippen molar-refractivity contribution >= 4 is 21.6 Å². The Balaban J connectivity index is 3.05. The number of amides is 1. The van der Waals surface area contributed by atoms with Crippen LogP contribution in [0, 0.1) is 22.7 Å². The molecule has 20 heavy (non-hydrogen) atoms. The van der Waals surface area contributed by atoms with Crippen LogP contribution in [-0.4, -0.2) is 32.7 Å². The fourth-order valence-corrected chi connectivity index (χ4v) is 5.19. The summed E-state index contributed by atoms with van der Waals surface area (Å²) < 4.78 is 16.7. The van der Waals surface area contributed by atoms with Crippen molar-refractivity contribution in [2.24, 2.45) is 15.2 Å². The maximum Gasteiger partial charge on any atom is 0.303 e. The molecule has 0 atom stereocenters. The summed E-state index contributed by atoms with van der Waals surface area (Å²) >= 11 is 0. The molecule has 0 aromatic carbocycles. The first-order valence-corrected chi connectivity index (χ1v) is 8.30. The Bertz CT molecular complexity index is 570. The number of carboxylic acids is 1. The van der Waals surface area contributed by atoms with E-state index in [9.17, 15) is 13.8 Å². The number of aliphatic carboxylic acids is 1. The monoisotopic (exact) mass is 299 g/mol. The van der Waals surface area contributed by atoms with E-state index >= 15 is 0 Å². The number of hydrogen-bond acceptors (Lipinski definition) is 3. The minimum atomic E-state index is -2.73. The van der Waals surface area contributed by atoms with Crippen molar-refractivity contribution in [3.8, 4) is 11.8 Å². The zero-order valence-corrected chi connectivity index (χ0v) is 13.2. The highest BCUT2D eigenvalue weighted by Gasteiger charge is 2.32. The summed E-state index contributed by atoms with van der Waals surface area (Å²) in [5.41, 5.74) is -0.942. The normalized spacial score (nSPS) is 22.0. The zero-order chi connectivity index (χ0) is 15.6. The molecule has 0 aliphatic carbocycles. The number of carboxylic acid groups (broad SMARTS) is 1. The molecule has 0 bridgehead atoms. The number of carbonyl (C=O) groups excluding carboxylic acids is 1. The molecule has 0 unspecified atom stereocenters. The van der Waals surface area contributed by atoms with Crippen LogP contribution in [0.5, 0.6) is 0 Å². The third-order valence-electron chi connectivity index (χ3n) is 2.73. The first-order chi connectivity index (χ1) is 8.93. The lowest BCUT2D eigenvalue weighted by molar-refractivity contribution is -0.138. The molecule has 1 aliphatic heterocycles. The fourth-order valence-electron chi connectivity index (χ4n) is 2.10. The number of carbonyl (C=O) groups is 2. The van der Waals surface area contributed by atoms with Gasteiger partial charge in [0.2, 0.25) is 0 Å². The van der Waals surface area contributed by atoms with Gasteiger partial charge in [0.05, 0.1) is 16.1 Å². The predicted molar refractivity (Wildman–Crippen MR) is 77.5 cm³/mol. The zero-order valence-electron chi connectivity index (χ0n) is 12.4. The Morgan fingerprint density at radius 1 is 1.10 bits per heavy atom. The molecule has 6 heteroatoms. The van der Waals surface area contributed by atoms with Crippen LogP contribution in [0.4, 0.5) is 0 Å². The van der Waals surface area contributed by atoms with Crippen LogP contribution in [0.2, 0.25) is 0 Å². The second-order valence-corrected chi connectivity index (χ2v) is 8.76. The van der Waals surface area contributed by atoms with Crippen LogP contribution in [0.1, 0.15) is 40.5 Å². The van der Waals surface area contributed by atoms with E-state index in [4.69, 9.17) is 5.11 Å². The predicted octanol–water partition coefficient (Wildman–Crippen LogP) is 1.92. The largest absolute Gasteiger partial charge is 0.481 e. The highest BCUT2D eigenvalue weighted by molar-refractivity contribution is 7.94. The molecule has 1 rings (SSSR count). The first kappa shape index (κ1) is 16.7. The van der Waals surface area contributed by atoms with E-state index in [0.717, 1.165) is 0 Å². The third-order valence-corrected chi connectivity index (χ3v) is 5.61. The van der Waals surface area contributed by atoms with E-state index in [2.05, 4.69) is 16.2 Å². The standard InChI is InChI=1S/C14H21NO4S/c1-13(2)7-8-14(3,4)10-20(19,9-13)15-11(16)5-6-12(17)18/h5-6,9-10H2,1-4H3,(H,17,18). The Morgan fingerprint density at radius 3 is 1.95 bits per heavy atom. The molecule has 1 amide bonds. The van der Waals surface area contributed by atoms with Crippen molar-refractivity contribution < 1.29 is 18.9 Å². The molecule has 0 radical (unpaired) electrons. The minimum Gasteiger partial charge on any atom is -0.481 e. The summed E-state index contributed by atoms with van der Waals surface area (Å²) in [5.74, 6) is 4.99. The van der Waals surface area contributed by atoms with Gasteiger partial charge >= 0.3 is 5.97 Å². The van der Waals surface area contributed by atoms with Crippen molar-refractivity contribution in [1.29, 1.82) is 0 Å². The van der Waals surface area contributed by atoms with Crippen LogP contribution >= 0.6 is 0 Å². The Kier molecular flexibility index (Phi) is 4.65. The van der Waals surface area contributed by atoms with Gasteiger partial charge in [-0.3, -0.25) is 9.59 Å². The van der Waals surface area contributed by atoms with E-state index in [1.54, 1.807) is 0 Å². The molecule has 1 aliphatic rings. The van der Waals surface area contributed by atoms with Crippen molar-refractivity contribution in [2.45, 2.75) is 40.5 Å². The van der Waals surface area contributed by atoms with Gasteiger partial charge in [-0.15, -0.1) is 0 Å². The molecule has 0 spiro atoms. The number of nitrogens with zero attached hydrogens (tertiary/aromatic N) is 1. The van der Waals surface area contributed by atoms with Gasteiger partial charge in [-0.25, -0.2) is 4.21 Å². The molecule has 0 aromatic heterocycles. The highest BCUT2D eigenvalue weighted by atomic mass is 32.2. The summed E-state index contributed by atoms with van der Waals surface area (Å²) in [6.07, 6.45) is -0.505. The summed E-state index contributed by atoms with van der Waals surface area (Å²) in [4.78, 5) is 22.2. The lowest BCUT2D eigenvalue weighted by Gasteiger charge is -2.21. The Hall–Kier alpha value is -1.35. The topological polar surface area (TPSA) is 83.8 Å². The molecule has 0 saturated heterocycles. The van der Waals surface area contributed by atoms with E-state index in [1.165, 1.54) is 0 Å². The minimum absolute atomic E-state index is 0.214. The summed E-state index contributed by atoms with van der Waals surface area (Å²) in [6, 6.07) is 0. The van der Waals surface area contributed by atoms with Crippen LogP contribution in [-0.2, 0) is 19.3 Å². The second kappa shape index (κ2) is 5.57.